The summed E-state index contributed by atoms with van der Waals surface area (Å²) in [5.74, 6) is 0.742. The first kappa shape index (κ1) is 18.8. The molecule has 0 radical (unpaired) electrons. The maximum Gasteiger partial charge on any atom is 0.344 e. The number of esters is 1. The number of ketones is 1. The predicted octanol–water partition coefficient (Wildman–Crippen LogP) is 3.52. The predicted molar refractivity (Wildman–Crippen MR) is 98.5 cm³/mol. The second-order valence-electron chi connectivity index (χ2n) is 7.21. The molecular formula is C21H22O6. The van der Waals surface area contributed by atoms with E-state index in [0.29, 0.717) is 22.8 Å². The van der Waals surface area contributed by atoms with Gasteiger partial charge in [-0.2, -0.15) is 0 Å². The van der Waals surface area contributed by atoms with E-state index in [1.54, 1.807) is 18.2 Å². The number of rotatable bonds is 6. The molecule has 0 saturated carbocycles. The molecule has 6 heteroatoms. The van der Waals surface area contributed by atoms with E-state index in [4.69, 9.17) is 18.9 Å². The second-order valence-corrected chi connectivity index (χ2v) is 7.21. The van der Waals surface area contributed by atoms with E-state index >= 15 is 0 Å². The van der Waals surface area contributed by atoms with Crippen molar-refractivity contribution in [1.82, 2.24) is 0 Å². The normalized spacial score (nSPS) is 12.6. The Labute approximate surface area is 158 Å². The fourth-order valence-electron chi connectivity index (χ4n) is 2.53. The van der Waals surface area contributed by atoms with Gasteiger partial charge in [0, 0.05) is 5.56 Å². The van der Waals surface area contributed by atoms with Crippen molar-refractivity contribution >= 4 is 11.8 Å². The van der Waals surface area contributed by atoms with Crippen LogP contribution in [-0.2, 0) is 14.9 Å². The first-order chi connectivity index (χ1) is 12.8. The van der Waals surface area contributed by atoms with Gasteiger partial charge < -0.3 is 18.9 Å². The minimum Gasteiger partial charge on any atom is -0.482 e. The largest absolute Gasteiger partial charge is 0.482 e. The van der Waals surface area contributed by atoms with Gasteiger partial charge in [-0.05, 0) is 41.3 Å². The van der Waals surface area contributed by atoms with Gasteiger partial charge in [0.15, 0.2) is 30.5 Å². The van der Waals surface area contributed by atoms with Gasteiger partial charge in [-0.1, -0.05) is 32.9 Å². The molecule has 0 saturated heterocycles. The average molecular weight is 370 g/mol. The van der Waals surface area contributed by atoms with E-state index in [1.807, 2.05) is 24.3 Å². The zero-order valence-electron chi connectivity index (χ0n) is 15.6. The van der Waals surface area contributed by atoms with Gasteiger partial charge in [-0.15, -0.1) is 0 Å². The number of carbonyl (C=O) groups is 2. The molecule has 0 aliphatic carbocycles. The molecule has 0 bridgehead atoms. The molecule has 1 aliphatic rings. The number of benzene rings is 2. The number of hydrogen-bond donors (Lipinski definition) is 0. The highest BCUT2D eigenvalue weighted by atomic mass is 16.7. The first-order valence-electron chi connectivity index (χ1n) is 8.65. The lowest BCUT2D eigenvalue weighted by Crippen LogP contribution is -2.19. The molecule has 2 aromatic carbocycles. The Bertz CT molecular complexity index is 833. The molecule has 27 heavy (non-hydrogen) atoms. The molecule has 0 spiro atoms. The van der Waals surface area contributed by atoms with Gasteiger partial charge in [-0.3, -0.25) is 4.79 Å². The van der Waals surface area contributed by atoms with Gasteiger partial charge >= 0.3 is 5.97 Å². The number of hydrogen-bond acceptors (Lipinski definition) is 6. The van der Waals surface area contributed by atoms with Crippen LogP contribution in [-0.4, -0.2) is 31.8 Å². The van der Waals surface area contributed by atoms with Crippen molar-refractivity contribution in [2.24, 2.45) is 0 Å². The van der Waals surface area contributed by atoms with Crippen molar-refractivity contribution < 1.29 is 28.5 Å². The molecule has 142 valence electrons. The smallest absolute Gasteiger partial charge is 0.344 e. The summed E-state index contributed by atoms with van der Waals surface area (Å²) in [4.78, 5) is 24.0. The SMILES string of the molecule is CC(C)(C)c1ccc(OCC(=O)OCC(=O)c2ccc3c(c2)OCO3)cc1. The summed E-state index contributed by atoms with van der Waals surface area (Å²) in [5.41, 5.74) is 1.62. The van der Waals surface area contributed by atoms with Crippen LogP contribution in [0.1, 0.15) is 36.7 Å². The summed E-state index contributed by atoms with van der Waals surface area (Å²) in [6.45, 7) is 5.89. The molecule has 1 heterocycles. The van der Waals surface area contributed by atoms with Crippen LogP contribution in [0.25, 0.3) is 0 Å². The highest BCUT2D eigenvalue weighted by Crippen LogP contribution is 2.32. The number of ether oxygens (including phenoxy) is 4. The Balaban J connectivity index is 1.46. The zero-order valence-corrected chi connectivity index (χ0v) is 15.6. The molecule has 3 rings (SSSR count). The van der Waals surface area contributed by atoms with Crippen molar-refractivity contribution in [3.05, 3.63) is 53.6 Å². The van der Waals surface area contributed by atoms with Crippen LogP contribution >= 0.6 is 0 Å². The summed E-state index contributed by atoms with van der Waals surface area (Å²) in [6, 6.07) is 12.4. The molecule has 2 aromatic rings. The monoisotopic (exact) mass is 370 g/mol. The van der Waals surface area contributed by atoms with E-state index in [9.17, 15) is 9.59 Å². The molecular weight excluding hydrogens is 348 g/mol. The van der Waals surface area contributed by atoms with Crippen molar-refractivity contribution in [1.29, 1.82) is 0 Å². The highest BCUT2D eigenvalue weighted by Gasteiger charge is 2.17. The van der Waals surface area contributed by atoms with E-state index in [0.717, 1.165) is 0 Å². The fraction of sp³-hybridized carbons (Fsp3) is 0.333. The molecule has 0 amide bonds. The minimum atomic E-state index is -0.607. The molecule has 1 aliphatic heterocycles. The summed E-state index contributed by atoms with van der Waals surface area (Å²) >= 11 is 0. The van der Waals surface area contributed by atoms with Crippen LogP contribution in [0.4, 0.5) is 0 Å². The van der Waals surface area contributed by atoms with Crippen LogP contribution < -0.4 is 14.2 Å². The molecule has 0 unspecified atom stereocenters. The minimum absolute atomic E-state index is 0.0482. The van der Waals surface area contributed by atoms with Gasteiger partial charge in [0.1, 0.15) is 5.75 Å². The quantitative estimate of drug-likeness (QED) is 0.572. The summed E-state index contributed by atoms with van der Waals surface area (Å²) in [7, 11) is 0. The van der Waals surface area contributed by atoms with Crippen LogP contribution in [0.2, 0.25) is 0 Å². The number of Topliss-reactive ketones (excluding diaryl/α,β-unsaturated/α-hetero) is 1. The van der Waals surface area contributed by atoms with Gasteiger partial charge in [-0.25, -0.2) is 4.79 Å². The lowest BCUT2D eigenvalue weighted by atomic mass is 9.87. The van der Waals surface area contributed by atoms with E-state index in [-0.39, 0.29) is 31.2 Å². The standard InChI is InChI=1S/C21H22O6/c1-21(2,3)15-5-7-16(8-6-15)24-12-20(23)25-11-17(22)14-4-9-18-19(10-14)27-13-26-18/h4-10H,11-13H2,1-3H3. The van der Waals surface area contributed by atoms with Crippen molar-refractivity contribution in [3.63, 3.8) is 0 Å². The van der Waals surface area contributed by atoms with Crippen LogP contribution in [0.3, 0.4) is 0 Å². The Hall–Kier alpha value is -3.02. The lowest BCUT2D eigenvalue weighted by Gasteiger charge is -2.19. The Morgan fingerprint density at radius 2 is 1.67 bits per heavy atom. The Morgan fingerprint density at radius 3 is 2.37 bits per heavy atom. The van der Waals surface area contributed by atoms with Crippen molar-refractivity contribution in [2.45, 2.75) is 26.2 Å². The summed E-state index contributed by atoms with van der Waals surface area (Å²) in [6.07, 6.45) is 0. The van der Waals surface area contributed by atoms with Crippen molar-refractivity contribution in [2.75, 3.05) is 20.0 Å². The third-order valence-corrected chi connectivity index (χ3v) is 4.14. The van der Waals surface area contributed by atoms with Crippen molar-refractivity contribution in [3.8, 4) is 17.2 Å². The van der Waals surface area contributed by atoms with Crippen LogP contribution in [0, 0.1) is 0 Å². The van der Waals surface area contributed by atoms with E-state index in [1.165, 1.54) is 5.56 Å². The topological polar surface area (TPSA) is 71.1 Å². The third-order valence-electron chi connectivity index (χ3n) is 4.14. The van der Waals surface area contributed by atoms with E-state index in [2.05, 4.69) is 20.8 Å². The van der Waals surface area contributed by atoms with E-state index < -0.39 is 5.97 Å². The summed E-state index contributed by atoms with van der Waals surface area (Å²) in [5, 5.41) is 0. The number of carbonyl (C=O) groups excluding carboxylic acids is 2. The van der Waals surface area contributed by atoms with Gasteiger partial charge in [0.25, 0.3) is 0 Å². The maximum atomic E-state index is 12.1. The average Bonchev–Trinajstić information content (AvgIpc) is 3.11. The van der Waals surface area contributed by atoms with Crippen LogP contribution in [0.15, 0.2) is 42.5 Å². The zero-order chi connectivity index (χ0) is 19.4. The maximum absolute atomic E-state index is 12.1. The van der Waals surface area contributed by atoms with Gasteiger partial charge in [0.2, 0.25) is 6.79 Å². The first-order valence-corrected chi connectivity index (χ1v) is 8.65. The molecule has 0 N–H and O–H groups in total. The van der Waals surface area contributed by atoms with Crippen LogP contribution in [0.5, 0.6) is 17.2 Å². The third kappa shape index (κ3) is 4.78. The second kappa shape index (κ2) is 7.70. The molecule has 6 nitrogen and oxygen atoms in total. The Morgan fingerprint density at radius 1 is 0.963 bits per heavy atom. The highest BCUT2D eigenvalue weighted by molar-refractivity contribution is 5.98. The lowest BCUT2D eigenvalue weighted by molar-refractivity contribution is -0.144. The van der Waals surface area contributed by atoms with Gasteiger partial charge in [0.05, 0.1) is 0 Å². The molecule has 0 aromatic heterocycles. The molecule has 0 atom stereocenters. The number of fused-ring (bicyclic) bond motifs is 1. The fourth-order valence-corrected chi connectivity index (χ4v) is 2.53. The molecule has 0 fully saturated rings. The Kier molecular flexibility index (Phi) is 5.35. The summed E-state index contributed by atoms with van der Waals surface area (Å²) < 4.78 is 20.8.